The van der Waals surface area contributed by atoms with Crippen molar-refractivity contribution in [3.05, 3.63) is 35.1 Å². The Morgan fingerprint density at radius 2 is 2.17 bits per heavy atom. The first-order chi connectivity index (χ1) is 5.68. The van der Waals surface area contributed by atoms with Gasteiger partial charge in [0.05, 0.1) is 5.38 Å². The Kier molecular flexibility index (Phi) is 1.84. The standard InChI is InChI=1S/C10H10ClF/c1-6-4-10(11)9-5-7(12)2-3-8(6)9/h2-3,5-6,10H,4H2,1H3. The zero-order valence-corrected chi connectivity index (χ0v) is 7.61. The van der Waals surface area contributed by atoms with E-state index in [0.29, 0.717) is 5.92 Å². The van der Waals surface area contributed by atoms with Gasteiger partial charge in [-0.05, 0) is 35.6 Å². The largest absolute Gasteiger partial charge is 0.207 e. The maximum absolute atomic E-state index is 12.8. The Hall–Kier alpha value is -0.560. The second kappa shape index (κ2) is 2.74. The first kappa shape index (κ1) is 8.06. The number of rotatable bonds is 0. The SMILES string of the molecule is CC1CC(Cl)c2cc(F)ccc21. The summed E-state index contributed by atoms with van der Waals surface area (Å²) in [6.07, 6.45) is 0.931. The average Bonchev–Trinajstić information content (AvgIpc) is 2.28. The summed E-state index contributed by atoms with van der Waals surface area (Å²) < 4.78 is 12.8. The van der Waals surface area contributed by atoms with Crippen molar-refractivity contribution in [1.82, 2.24) is 0 Å². The predicted molar refractivity (Wildman–Crippen MR) is 48.0 cm³/mol. The highest BCUT2D eigenvalue weighted by atomic mass is 35.5. The number of fused-ring (bicyclic) bond motifs is 1. The summed E-state index contributed by atoms with van der Waals surface area (Å²) in [5, 5.41) is 0.00528. The molecular formula is C10H10ClF. The number of halogens is 2. The smallest absolute Gasteiger partial charge is 0.123 e. The molecule has 0 heterocycles. The lowest BCUT2D eigenvalue weighted by Crippen LogP contribution is -1.86. The third kappa shape index (κ3) is 1.13. The minimum Gasteiger partial charge on any atom is -0.207 e. The van der Waals surface area contributed by atoms with Crippen LogP contribution in [0.3, 0.4) is 0 Å². The molecule has 0 nitrogen and oxygen atoms in total. The monoisotopic (exact) mass is 184 g/mol. The summed E-state index contributed by atoms with van der Waals surface area (Å²) in [7, 11) is 0. The molecule has 0 bridgehead atoms. The van der Waals surface area contributed by atoms with E-state index in [1.807, 2.05) is 6.07 Å². The molecule has 1 aliphatic carbocycles. The molecule has 0 radical (unpaired) electrons. The molecule has 1 aromatic carbocycles. The van der Waals surface area contributed by atoms with E-state index in [1.54, 1.807) is 6.07 Å². The van der Waals surface area contributed by atoms with Crippen molar-refractivity contribution < 1.29 is 4.39 Å². The fourth-order valence-corrected chi connectivity index (χ4v) is 2.29. The highest BCUT2D eigenvalue weighted by Crippen LogP contribution is 2.43. The van der Waals surface area contributed by atoms with Crippen LogP contribution in [0.2, 0.25) is 0 Å². The van der Waals surface area contributed by atoms with Crippen molar-refractivity contribution in [3.63, 3.8) is 0 Å². The Balaban J connectivity index is 2.53. The van der Waals surface area contributed by atoms with Gasteiger partial charge in [-0.1, -0.05) is 13.0 Å². The number of benzene rings is 1. The molecule has 1 aliphatic rings. The predicted octanol–water partition coefficient (Wildman–Crippen LogP) is 3.61. The molecule has 2 rings (SSSR count). The lowest BCUT2D eigenvalue weighted by Gasteiger charge is -2.02. The van der Waals surface area contributed by atoms with Crippen LogP contribution in [0.1, 0.15) is 35.8 Å². The molecule has 64 valence electrons. The zero-order chi connectivity index (χ0) is 8.72. The van der Waals surface area contributed by atoms with Gasteiger partial charge in [-0.25, -0.2) is 4.39 Å². The third-order valence-electron chi connectivity index (χ3n) is 2.48. The highest BCUT2D eigenvalue weighted by molar-refractivity contribution is 6.21. The summed E-state index contributed by atoms with van der Waals surface area (Å²) in [5.74, 6) is 0.289. The molecule has 0 aliphatic heterocycles. The maximum atomic E-state index is 12.8. The molecule has 0 amide bonds. The molecule has 0 saturated carbocycles. The Bertz CT molecular complexity index is 309. The fraction of sp³-hybridized carbons (Fsp3) is 0.400. The van der Waals surface area contributed by atoms with Crippen molar-refractivity contribution in [2.75, 3.05) is 0 Å². The second-order valence-electron chi connectivity index (χ2n) is 3.38. The molecule has 0 spiro atoms. The molecule has 2 heteroatoms. The van der Waals surface area contributed by atoms with Gasteiger partial charge in [-0.3, -0.25) is 0 Å². The van der Waals surface area contributed by atoms with Gasteiger partial charge in [0, 0.05) is 0 Å². The van der Waals surface area contributed by atoms with Gasteiger partial charge in [0.1, 0.15) is 5.82 Å². The molecule has 1 aromatic rings. The molecule has 0 N–H and O–H groups in total. The summed E-state index contributed by atoms with van der Waals surface area (Å²) in [6, 6.07) is 4.90. The van der Waals surface area contributed by atoms with E-state index in [1.165, 1.54) is 11.6 Å². The van der Waals surface area contributed by atoms with E-state index >= 15 is 0 Å². The van der Waals surface area contributed by atoms with Crippen molar-refractivity contribution in [2.24, 2.45) is 0 Å². The molecule has 12 heavy (non-hydrogen) atoms. The van der Waals surface area contributed by atoms with Gasteiger partial charge in [-0.2, -0.15) is 0 Å². The van der Waals surface area contributed by atoms with E-state index in [2.05, 4.69) is 6.92 Å². The molecule has 0 aromatic heterocycles. The summed E-state index contributed by atoms with van der Waals surface area (Å²) in [6.45, 7) is 2.12. The van der Waals surface area contributed by atoms with Crippen LogP contribution in [0.4, 0.5) is 4.39 Å². The summed E-state index contributed by atoms with van der Waals surface area (Å²) in [4.78, 5) is 0. The fourth-order valence-electron chi connectivity index (χ4n) is 1.83. The highest BCUT2D eigenvalue weighted by Gasteiger charge is 2.26. The number of alkyl halides is 1. The topological polar surface area (TPSA) is 0 Å². The third-order valence-corrected chi connectivity index (χ3v) is 2.89. The van der Waals surface area contributed by atoms with Gasteiger partial charge < -0.3 is 0 Å². The van der Waals surface area contributed by atoms with E-state index in [-0.39, 0.29) is 11.2 Å². The normalized spacial score (nSPS) is 27.2. The van der Waals surface area contributed by atoms with E-state index in [9.17, 15) is 4.39 Å². The number of hydrogen-bond donors (Lipinski definition) is 0. The Morgan fingerprint density at radius 3 is 2.92 bits per heavy atom. The van der Waals surface area contributed by atoms with Crippen LogP contribution in [-0.2, 0) is 0 Å². The van der Waals surface area contributed by atoms with Gasteiger partial charge >= 0.3 is 0 Å². The van der Waals surface area contributed by atoms with Crippen LogP contribution in [0.25, 0.3) is 0 Å². The minimum absolute atomic E-state index is 0.00528. The van der Waals surface area contributed by atoms with Crippen LogP contribution in [0.5, 0.6) is 0 Å². The second-order valence-corrected chi connectivity index (χ2v) is 3.90. The van der Waals surface area contributed by atoms with Crippen molar-refractivity contribution in [2.45, 2.75) is 24.6 Å². The van der Waals surface area contributed by atoms with Crippen LogP contribution in [0, 0.1) is 5.82 Å². The van der Waals surface area contributed by atoms with Gasteiger partial charge in [0.15, 0.2) is 0 Å². The Labute approximate surface area is 76.4 Å². The summed E-state index contributed by atoms with van der Waals surface area (Å²) in [5.41, 5.74) is 2.18. The van der Waals surface area contributed by atoms with Crippen LogP contribution < -0.4 is 0 Å². The first-order valence-electron chi connectivity index (χ1n) is 4.12. The van der Waals surface area contributed by atoms with Crippen LogP contribution in [0.15, 0.2) is 18.2 Å². The summed E-state index contributed by atoms with van der Waals surface area (Å²) >= 11 is 6.04. The quantitative estimate of drug-likeness (QED) is 0.541. The number of hydrogen-bond acceptors (Lipinski definition) is 0. The molecule has 0 fully saturated rings. The minimum atomic E-state index is -0.187. The first-order valence-corrected chi connectivity index (χ1v) is 4.55. The van der Waals surface area contributed by atoms with Crippen molar-refractivity contribution >= 4 is 11.6 Å². The maximum Gasteiger partial charge on any atom is 0.123 e. The lowest BCUT2D eigenvalue weighted by molar-refractivity contribution is 0.625. The van der Waals surface area contributed by atoms with E-state index in [4.69, 9.17) is 11.6 Å². The Morgan fingerprint density at radius 1 is 1.42 bits per heavy atom. The molecular weight excluding hydrogens is 175 g/mol. The van der Waals surface area contributed by atoms with Gasteiger partial charge in [-0.15, -0.1) is 11.6 Å². The molecule has 2 atom stereocenters. The van der Waals surface area contributed by atoms with Crippen LogP contribution >= 0.6 is 11.6 Å². The average molecular weight is 185 g/mol. The van der Waals surface area contributed by atoms with Crippen molar-refractivity contribution in [1.29, 1.82) is 0 Å². The zero-order valence-electron chi connectivity index (χ0n) is 6.85. The van der Waals surface area contributed by atoms with E-state index in [0.717, 1.165) is 12.0 Å². The molecule has 2 unspecified atom stereocenters. The molecule has 0 saturated heterocycles. The van der Waals surface area contributed by atoms with Crippen LogP contribution in [-0.4, -0.2) is 0 Å². The lowest BCUT2D eigenvalue weighted by atomic mass is 10.0. The van der Waals surface area contributed by atoms with Gasteiger partial charge in [0.2, 0.25) is 0 Å². The van der Waals surface area contributed by atoms with Crippen molar-refractivity contribution in [3.8, 4) is 0 Å². The van der Waals surface area contributed by atoms with E-state index < -0.39 is 0 Å². The van der Waals surface area contributed by atoms with Gasteiger partial charge in [0.25, 0.3) is 0 Å².